The van der Waals surface area contributed by atoms with E-state index < -0.39 is 0 Å². The molecule has 1 aromatic heterocycles. The Morgan fingerprint density at radius 1 is 1.16 bits per heavy atom. The first kappa shape index (κ1) is 18.6. The quantitative estimate of drug-likeness (QED) is 0.623. The molecule has 132 valence electrons. The lowest BCUT2D eigenvalue weighted by Crippen LogP contribution is -2.39. The number of carbonyl (C=O) groups is 1. The highest BCUT2D eigenvalue weighted by molar-refractivity contribution is 7.98. The Morgan fingerprint density at radius 2 is 1.84 bits per heavy atom. The average molecular weight is 395 g/mol. The number of hydrogen-bond acceptors (Lipinski definition) is 3. The van der Waals surface area contributed by atoms with Gasteiger partial charge in [-0.3, -0.25) is 4.79 Å². The molecule has 2 atom stereocenters. The number of hydrogen-bond donors (Lipinski definition) is 0. The lowest BCUT2D eigenvalue weighted by molar-refractivity contribution is 0.0686. The van der Waals surface area contributed by atoms with Gasteiger partial charge in [-0.1, -0.05) is 35.3 Å². The van der Waals surface area contributed by atoms with Crippen LogP contribution >= 0.6 is 35.0 Å². The summed E-state index contributed by atoms with van der Waals surface area (Å²) in [5.74, 6) is 0.650. The molecule has 0 aliphatic carbocycles. The number of amides is 1. The lowest BCUT2D eigenvalue weighted by Gasteiger charge is -2.26. The van der Waals surface area contributed by atoms with Gasteiger partial charge in [0.05, 0.1) is 15.7 Å². The van der Waals surface area contributed by atoms with Crippen molar-refractivity contribution in [2.75, 3.05) is 0 Å². The molecule has 0 bridgehead atoms. The van der Waals surface area contributed by atoms with E-state index in [2.05, 4.69) is 18.8 Å². The van der Waals surface area contributed by atoms with Crippen molar-refractivity contribution >= 4 is 40.9 Å². The zero-order valence-corrected chi connectivity index (χ0v) is 16.5. The Hall–Kier alpha value is -1.23. The minimum absolute atomic E-state index is 0.0186. The molecule has 0 saturated carbocycles. The summed E-state index contributed by atoms with van der Waals surface area (Å²) < 4.78 is 0. The molecule has 1 aliphatic heterocycles. The van der Waals surface area contributed by atoms with Crippen LogP contribution in [0.5, 0.6) is 0 Å². The molecule has 1 aromatic carbocycles. The normalized spacial score (nSPS) is 20.1. The first-order chi connectivity index (χ1) is 12.0. The highest BCUT2D eigenvalue weighted by Gasteiger charge is 2.32. The number of nitrogens with zero attached hydrogens (tertiary/aromatic N) is 2. The zero-order chi connectivity index (χ0) is 18.0. The van der Waals surface area contributed by atoms with Crippen molar-refractivity contribution in [3.05, 3.63) is 57.8 Å². The van der Waals surface area contributed by atoms with Gasteiger partial charge in [-0.05, 0) is 51.0 Å². The summed E-state index contributed by atoms with van der Waals surface area (Å²) in [7, 11) is 0. The molecular weight excluding hydrogens is 375 g/mol. The molecule has 6 heteroatoms. The molecular formula is C19H20Cl2N2OS. The van der Waals surface area contributed by atoms with Gasteiger partial charge in [0.2, 0.25) is 0 Å². The number of benzene rings is 1. The summed E-state index contributed by atoms with van der Waals surface area (Å²) in [6.07, 6.45) is 2.10. The van der Waals surface area contributed by atoms with Crippen LogP contribution in [-0.4, -0.2) is 27.9 Å². The van der Waals surface area contributed by atoms with Gasteiger partial charge < -0.3 is 4.90 Å². The molecule has 0 spiro atoms. The Morgan fingerprint density at radius 3 is 2.56 bits per heavy atom. The molecule has 1 fully saturated rings. The van der Waals surface area contributed by atoms with E-state index >= 15 is 0 Å². The highest BCUT2D eigenvalue weighted by atomic mass is 35.5. The Kier molecular flexibility index (Phi) is 5.92. The predicted molar refractivity (Wildman–Crippen MR) is 105 cm³/mol. The van der Waals surface area contributed by atoms with Crippen LogP contribution in [0.2, 0.25) is 10.0 Å². The van der Waals surface area contributed by atoms with Crippen molar-refractivity contribution < 1.29 is 4.79 Å². The third-order valence-electron chi connectivity index (χ3n) is 4.50. The van der Waals surface area contributed by atoms with Gasteiger partial charge in [0.1, 0.15) is 5.69 Å². The Bertz CT molecular complexity index is 774. The monoisotopic (exact) mass is 394 g/mol. The Labute approximate surface area is 162 Å². The third-order valence-corrected chi connectivity index (χ3v) is 6.53. The molecule has 1 amide bonds. The Balaban J connectivity index is 1.73. The van der Waals surface area contributed by atoms with Gasteiger partial charge in [0.25, 0.3) is 5.91 Å². The fraction of sp³-hybridized carbons (Fsp3) is 0.368. The van der Waals surface area contributed by atoms with Gasteiger partial charge in [0, 0.05) is 22.7 Å². The van der Waals surface area contributed by atoms with Crippen molar-refractivity contribution in [1.29, 1.82) is 0 Å². The van der Waals surface area contributed by atoms with Gasteiger partial charge in [0.15, 0.2) is 0 Å². The summed E-state index contributed by atoms with van der Waals surface area (Å²) in [5, 5.41) is 1.10. The first-order valence-corrected chi connectivity index (χ1v) is 10.1. The van der Waals surface area contributed by atoms with Crippen LogP contribution in [0.15, 0.2) is 41.3 Å². The summed E-state index contributed by atoms with van der Waals surface area (Å²) in [6, 6.07) is 11.7. The fourth-order valence-electron chi connectivity index (χ4n) is 3.15. The predicted octanol–water partition coefficient (Wildman–Crippen LogP) is 5.69. The van der Waals surface area contributed by atoms with E-state index in [1.807, 2.05) is 29.2 Å². The number of likely N-dealkylation sites (tertiary alicyclic amines) is 1. The van der Waals surface area contributed by atoms with E-state index in [0.717, 1.165) is 23.4 Å². The van der Waals surface area contributed by atoms with Crippen LogP contribution in [0.1, 0.15) is 42.9 Å². The zero-order valence-electron chi connectivity index (χ0n) is 14.2. The minimum Gasteiger partial charge on any atom is -0.332 e. The largest absolute Gasteiger partial charge is 0.332 e. The maximum absolute atomic E-state index is 12.8. The van der Waals surface area contributed by atoms with Crippen molar-refractivity contribution in [2.45, 2.75) is 49.4 Å². The summed E-state index contributed by atoms with van der Waals surface area (Å²) in [6.45, 7) is 4.20. The van der Waals surface area contributed by atoms with Gasteiger partial charge in [-0.15, -0.1) is 11.8 Å². The second-order valence-electron chi connectivity index (χ2n) is 6.34. The summed E-state index contributed by atoms with van der Waals surface area (Å²) in [5.41, 5.74) is 1.36. The van der Waals surface area contributed by atoms with Crippen molar-refractivity contribution in [1.82, 2.24) is 9.88 Å². The van der Waals surface area contributed by atoms with Gasteiger partial charge >= 0.3 is 0 Å². The van der Waals surface area contributed by atoms with E-state index in [4.69, 9.17) is 23.2 Å². The lowest BCUT2D eigenvalue weighted by atomic mass is 10.2. The molecule has 3 rings (SSSR count). The third kappa shape index (κ3) is 4.13. The molecule has 2 aromatic rings. The summed E-state index contributed by atoms with van der Waals surface area (Å²) in [4.78, 5) is 20.2. The molecule has 1 saturated heterocycles. The van der Waals surface area contributed by atoms with E-state index in [9.17, 15) is 4.79 Å². The number of aromatic nitrogens is 1. The topological polar surface area (TPSA) is 33.2 Å². The van der Waals surface area contributed by atoms with E-state index in [1.165, 1.54) is 0 Å². The number of rotatable bonds is 4. The van der Waals surface area contributed by atoms with Crippen LogP contribution in [-0.2, 0) is 5.75 Å². The maximum atomic E-state index is 12.8. The van der Waals surface area contributed by atoms with Gasteiger partial charge in [-0.25, -0.2) is 4.98 Å². The molecule has 2 heterocycles. The number of pyridine rings is 1. The number of halogens is 2. The van der Waals surface area contributed by atoms with Crippen molar-refractivity contribution in [3.63, 3.8) is 0 Å². The highest BCUT2D eigenvalue weighted by Crippen LogP contribution is 2.34. The van der Waals surface area contributed by atoms with Crippen LogP contribution in [0.3, 0.4) is 0 Å². The van der Waals surface area contributed by atoms with Crippen molar-refractivity contribution in [3.8, 4) is 0 Å². The van der Waals surface area contributed by atoms with Crippen molar-refractivity contribution in [2.24, 2.45) is 0 Å². The molecule has 0 radical (unpaired) electrons. The first-order valence-electron chi connectivity index (χ1n) is 8.32. The van der Waals surface area contributed by atoms with Gasteiger partial charge in [-0.2, -0.15) is 0 Å². The number of thioether (sulfide) groups is 1. The van der Waals surface area contributed by atoms with Crippen LogP contribution < -0.4 is 0 Å². The van der Waals surface area contributed by atoms with E-state index in [-0.39, 0.29) is 18.0 Å². The fourth-order valence-corrected chi connectivity index (χ4v) is 4.55. The second-order valence-corrected chi connectivity index (χ2v) is 8.14. The molecule has 3 nitrogen and oxygen atoms in total. The average Bonchev–Trinajstić information content (AvgIpc) is 2.94. The standard InChI is InChI=1S/C19H20Cl2N2OS/c1-12-9-10-13(2)23(12)19(24)16-7-3-5-14(22-16)11-25-17-8-4-6-15(20)18(17)21/h3-8,12-13H,9-11H2,1-2H3. The van der Waals surface area contributed by atoms with Crippen LogP contribution in [0.4, 0.5) is 0 Å². The van der Waals surface area contributed by atoms with E-state index in [0.29, 0.717) is 21.5 Å². The summed E-state index contributed by atoms with van der Waals surface area (Å²) >= 11 is 13.8. The number of carbonyl (C=O) groups excluding carboxylic acids is 1. The molecule has 25 heavy (non-hydrogen) atoms. The molecule has 2 unspecified atom stereocenters. The van der Waals surface area contributed by atoms with Crippen LogP contribution in [0.25, 0.3) is 0 Å². The van der Waals surface area contributed by atoms with Crippen LogP contribution in [0, 0.1) is 0 Å². The SMILES string of the molecule is CC1CCC(C)N1C(=O)c1cccc(CSc2cccc(Cl)c2Cl)n1. The molecule has 1 aliphatic rings. The molecule has 0 N–H and O–H groups in total. The second kappa shape index (κ2) is 7.98. The van der Waals surface area contributed by atoms with E-state index in [1.54, 1.807) is 23.9 Å². The minimum atomic E-state index is 0.0186. The maximum Gasteiger partial charge on any atom is 0.272 e. The smallest absolute Gasteiger partial charge is 0.272 e.